The van der Waals surface area contributed by atoms with Gasteiger partial charge < -0.3 is 10.0 Å². The number of β-amino-alcohol motifs (C(OH)–C–C–N with tert-alkyl or cyclic N) is 1. The summed E-state index contributed by atoms with van der Waals surface area (Å²) in [6.45, 7) is 5.65. The monoisotopic (exact) mass is 513 g/mol. The minimum absolute atomic E-state index is 0.0978. The van der Waals surface area contributed by atoms with Crippen molar-refractivity contribution in [2.45, 2.75) is 45.1 Å². The van der Waals surface area contributed by atoms with Crippen LogP contribution in [0.4, 0.5) is 5.82 Å². The average Bonchev–Trinajstić information content (AvgIpc) is 3.15. The van der Waals surface area contributed by atoms with E-state index in [0.717, 1.165) is 44.3 Å². The van der Waals surface area contributed by atoms with Gasteiger partial charge in [-0.2, -0.15) is 0 Å². The lowest BCUT2D eigenvalue weighted by Gasteiger charge is -2.35. The SMILES string of the molecule is Cc1cccn2c(=O)c(/C=C3\SC(=S)N(C4CCCCC4)C3=O)c(N3CCN(CCO)CC3)nc12. The molecule has 0 unspecified atom stereocenters. The van der Waals surface area contributed by atoms with E-state index < -0.39 is 0 Å². The fourth-order valence-corrected chi connectivity index (χ4v) is 6.64. The zero-order valence-electron chi connectivity index (χ0n) is 20.0. The van der Waals surface area contributed by atoms with Crippen LogP contribution in [0.2, 0.25) is 0 Å². The number of piperazine rings is 1. The van der Waals surface area contributed by atoms with Crippen molar-refractivity contribution in [1.29, 1.82) is 0 Å². The molecule has 1 amide bonds. The van der Waals surface area contributed by atoms with Crippen LogP contribution in [0.1, 0.15) is 43.2 Å². The Morgan fingerprint density at radius 3 is 2.63 bits per heavy atom. The van der Waals surface area contributed by atoms with Crippen LogP contribution in [0.15, 0.2) is 28.0 Å². The van der Waals surface area contributed by atoms with Crippen LogP contribution >= 0.6 is 24.0 Å². The normalized spacial score (nSPS) is 21.6. The maximum absolute atomic E-state index is 13.7. The van der Waals surface area contributed by atoms with Gasteiger partial charge in [0.1, 0.15) is 15.8 Å². The van der Waals surface area contributed by atoms with E-state index in [-0.39, 0.29) is 24.1 Å². The number of aromatic nitrogens is 2. The maximum Gasteiger partial charge on any atom is 0.267 e. The molecule has 1 saturated carbocycles. The summed E-state index contributed by atoms with van der Waals surface area (Å²) in [4.78, 5) is 38.7. The molecule has 0 radical (unpaired) electrons. The number of nitrogens with zero attached hydrogens (tertiary/aromatic N) is 5. The Kier molecular flexibility index (Phi) is 7.24. The molecule has 10 heteroatoms. The molecule has 0 spiro atoms. The fourth-order valence-electron chi connectivity index (χ4n) is 5.26. The van der Waals surface area contributed by atoms with Gasteiger partial charge in [-0.15, -0.1) is 0 Å². The zero-order valence-corrected chi connectivity index (χ0v) is 21.6. The van der Waals surface area contributed by atoms with Crippen molar-refractivity contribution in [1.82, 2.24) is 19.2 Å². The first-order valence-corrected chi connectivity index (χ1v) is 13.6. The number of amides is 1. The summed E-state index contributed by atoms with van der Waals surface area (Å²) in [6, 6.07) is 3.94. The quantitative estimate of drug-likeness (QED) is 0.483. The molecule has 2 aromatic heterocycles. The molecule has 4 heterocycles. The maximum atomic E-state index is 13.7. The Balaban J connectivity index is 1.55. The predicted molar refractivity (Wildman–Crippen MR) is 144 cm³/mol. The van der Waals surface area contributed by atoms with Gasteiger partial charge in [-0.3, -0.25) is 23.8 Å². The standard InChI is InChI=1S/C25H31N5O3S2/c1-17-6-5-9-29-21(17)26-22(28-12-10-27(11-13-28)14-15-31)19(23(29)32)16-20-24(33)30(25(34)35-20)18-7-3-2-4-8-18/h5-6,9,16,18,31H,2-4,7-8,10-15H2,1H3/b20-16-. The van der Waals surface area contributed by atoms with Gasteiger partial charge in [0.25, 0.3) is 11.5 Å². The molecule has 3 fully saturated rings. The van der Waals surface area contributed by atoms with Crippen LogP contribution < -0.4 is 10.5 Å². The molecular weight excluding hydrogens is 482 g/mol. The summed E-state index contributed by atoms with van der Waals surface area (Å²) in [6.07, 6.45) is 8.82. The van der Waals surface area contributed by atoms with Crippen molar-refractivity contribution in [3.05, 3.63) is 44.7 Å². The van der Waals surface area contributed by atoms with Gasteiger partial charge in [-0.1, -0.05) is 49.3 Å². The van der Waals surface area contributed by atoms with Gasteiger partial charge in [0.2, 0.25) is 0 Å². The third-order valence-corrected chi connectivity index (χ3v) is 8.52. The van der Waals surface area contributed by atoms with Crippen LogP contribution in [0.3, 0.4) is 0 Å². The molecule has 0 aromatic carbocycles. The summed E-state index contributed by atoms with van der Waals surface area (Å²) in [5.41, 5.74) is 1.78. The molecule has 1 aliphatic carbocycles. The summed E-state index contributed by atoms with van der Waals surface area (Å²) in [5.74, 6) is 0.509. The molecule has 186 valence electrons. The zero-order chi connectivity index (χ0) is 24.5. The number of hydrogen-bond acceptors (Lipinski definition) is 8. The first-order chi connectivity index (χ1) is 17.0. The number of aliphatic hydroxyl groups is 1. The van der Waals surface area contributed by atoms with E-state index in [2.05, 4.69) is 9.80 Å². The summed E-state index contributed by atoms with van der Waals surface area (Å²) in [5, 5.41) is 9.28. The van der Waals surface area contributed by atoms with Gasteiger partial charge >= 0.3 is 0 Å². The Morgan fingerprint density at radius 1 is 1.17 bits per heavy atom. The van der Waals surface area contributed by atoms with Crippen LogP contribution in [-0.4, -0.2) is 79.9 Å². The topological polar surface area (TPSA) is 81.4 Å². The van der Waals surface area contributed by atoms with E-state index in [4.69, 9.17) is 17.2 Å². The summed E-state index contributed by atoms with van der Waals surface area (Å²) >= 11 is 6.89. The number of thioether (sulfide) groups is 1. The lowest BCUT2D eigenvalue weighted by atomic mass is 9.94. The molecule has 8 nitrogen and oxygen atoms in total. The highest BCUT2D eigenvalue weighted by molar-refractivity contribution is 8.26. The van der Waals surface area contributed by atoms with Crippen LogP contribution in [0.5, 0.6) is 0 Å². The number of hydrogen-bond donors (Lipinski definition) is 1. The summed E-state index contributed by atoms with van der Waals surface area (Å²) < 4.78 is 2.14. The number of fused-ring (bicyclic) bond motifs is 1. The van der Waals surface area contributed by atoms with Crippen LogP contribution in [0, 0.1) is 6.92 Å². The molecule has 35 heavy (non-hydrogen) atoms. The van der Waals surface area contributed by atoms with Crippen LogP contribution in [-0.2, 0) is 4.79 Å². The Labute approximate surface area is 214 Å². The number of carbonyl (C=O) groups excluding carboxylic acids is 1. The lowest BCUT2D eigenvalue weighted by Crippen LogP contribution is -2.48. The van der Waals surface area contributed by atoms with E-state index >= 15 is 0 Å². The highest BCUT2D eigenvalue weighted by atomic mass is 32.2. The fraction of sp³-hybridized carbons (Fsp3) is 0.520. The summed E-state index contributed by atoms with van der Waals surface area (Å²) in [7, 11) is 0. The Hall–Kier alpha value is -2.27. The van der Waals surface area contributed by atoms with Crippen molar-refractivity contribution >= 4 is 51.7 Å². The molecule has 0 atom stereocenters. The van der Waals surface area contributed by atoms with Gasteiger partial charge in [-0.25, -0.2) is 4.98 Å². The number of aliphatic hydroxyl groups excluding tert-OH is 1. The van der Waals surface area contributed by atoms with E-state index in [1.165, 1.54) is 18.2 Å². The van der Waals surface area contributed by atoms with Gasteiger partial charge in [-0.05, 0) is 37.5 Å². The number of rotatable bonds is 5. The third-order valence-electron chi connectivity index (χ3n) is 7.19. The van der Waals surface area contributed by atoms with Crippen molar-refractivity contribution < 1.29 is 9.90 Å². The molecule has 1 N–H and O–H groups in total. The second-order valence-electron chi connectivity index (χ2n) is 9.43. The smallest absolute Gasteiger partial charge is 0.267 e. The van der Waals surface area contributed by atoms with E-state index in [1.807, 2.05) is 19.1 Å². The van der Waals surface area contributed by atoms with Crippen molar-refractivity contribution in [3.8, 4) is 0 Å². The lowest BCUT2D eigenvalue weighted by molar-refractivity contribution is -0.124. The van der Waals surface area contributed by atoms with Crippen LogP contribution in [0.25, 0.3) is 11.7 Å². The van der Waals surface area contributed by atoms with Gasteiger partial charge in [0.05, 0.1) is 17.1 Å². The molecule has 2 aromatic rings. The van der Waals surface area contributed by atoms with Crippen molar-refractivity contribution in [2.75, 3.05) is 44.2 Å². The second kappa shape index (κ2) is 10.4. The molecule has 3 aliphatic rings. The van der Waals surface area contributed by atoms with Crippen molar-refractivity contribution in [2.24, 2.45) is 0 Å². The van der Waals surface area contributed by atoms with E-state index in [9.17, 15) is 14.7 Å². The number of carbonyl (C=O) groups is 1. The van der Waals surface area contributed by atoms with E-state index in [0.29, 0.717) is 45.9 Å². The number of thiocarbonyl (C=S) groups is 1. The molecule has 2 aliphatic heterocycles. The minimum atomic E-state index is -0.186. The molecule has 0 bridgehead atoms. The highest BCUT2D eigenvalue weighted by Crippen LogP contribution is 2.38. The highest BCUT2D eigenvalue weighted by Gasteiger charge is 2.38. The van der Waals surface area contributed by atoms with Gasteiger partial charge in [0.15, 0.2) is 0 Å². The third kappa shape index (κ3) is 4.76. The van der Waals surface area contributed by atoms with Crippen molar-refractivity contribution in [3.63, 3.8) is 0 Å². The number of pyridine rings is 1. The predicted octanol–water partition coefficient (Wildman–Crippen LogP) is 2.65. The molecule has 2 saturated heterocycles. The van der Waals surface area contributed by atoms with E-state index in [1.54, 1.807) is 21.6 Å². The second-order valence-corrected chi connectivity index (χ2v) is 11.1. The Bertz CT molecular complexity index is 1230. The molecule has 5 rings (SSSR count). The van der Waals surface area contributed by atoms with Gasteiger partial charge in [0, 0.05) is 45.0 Å². The first kappa shape index (κ1) is 24.4. The average molecular weight is 514 g/mol. The first-order valence-electron chi connectivity index (χ1n) is 12.3. The molecular formula is C25H31N5O3S2. The largest absolute Gasteiger partial charge is 0.395 e. The number of anilines is 1. The number of aryl methyl sites for hydroxylation is 1. The Morgan fingerprint density at radius 2 is 1.91 bits per heavy atom. The minimum Gasteiger partial charge on any atom is -0.395 e.